The van der Waals surface area contributed by atoms with Gasteiger partial charge in [-0.1, -0.05) is 36.6 Å². The van der Waals surface area contributed by atoms with Crippen LogP contribution in [0.2, 0.25) is 5.15 Å². The Balaban J connectivity index is 1.98. The molecule has 1 aromatic carbocycles. The Morgan fingerprint density at radius 2 is 1.88 bits per heavy atom. The molecular formula is C18H21ClN2O3S. The van der Waals surface area contributed by atoms with Crippen molar-refractivity contribution in [2.24, 2.45) is 0 Å². The number of benzene rings is 1. The van der Waals surface area contributed by atoms with E-state index in [9.17, 15) is 8.42 Å². The Kier molecular flexibility index (Phi) is 5.61. The van der Waals surface area contributed by atoms with Crippen LogP contribution in [0, 0.1) is 0 Å². The molecule has 1 aliphatic heterocycles. The molecule has 134 valence electrons. The molecule has 0 N–H and O–H groups in total. The van der Waals surface area contributed by atoms with Crippen LogP contribution in [0.25, 0.3) is 0 Å². The molecule has 2 heterocycles. The first kappa shape index (κ1) is 18.2. The number of rotatable bonds is 4. The largest absolute Gasteiger partial charge is 0.497 e. The average molecular weight is 381 g/mol. The smallest absolute Gasteiger partial charge is 0.245 e. The van der Waals surface area contributed by atoms with Gasteiger partial charge >= 0.3 is 0 Å². The Morgan fingerprint density at radius 3 is 2.52 bits per heavy atom. The van der Waals surface area contributed by atoms with Gasteiger partial charge in [0.1, 0.15) is 15.8 Å². The van der Waals surface area contributed by atoms with Gasteiger partial charge in [-0.15, -0.1) is 0 Å². The van der Waals surface area contributed by atoms with E-state index in [1.807, 2.05) is 24.3 Å². The number of hydrogen-bond acceptors (Lipinski definition) is 4. The minimum atomic E-state index is -3.63. The summed E-state index contributed by atoms with van der Waals surface area (Å²) in [6, 6.07) is 10.5. The third kappa shape index (κ3) is 3.97. The monoisotopic (exact) mass is 380 g/mol. The zero-order valence-electron chi connectivity index (χ0n) is 14.1. The Bertz CT molecular complexity index is 807. The minimum absolute atomic E-state index is 0.178. The first-order valence-electron chi connectivity index (χ1n) is 8.30. The number of aromatic nitrogens is 1. The molecule has 25 heavy (non-hydrogen) atoms. The maximum atomic E-state index is 13.2. The first-order valence-corrected chi connectivity index (χ1v) is 10.1. The predicted octanol–water partition coefficient (Wildman–Crippen LogP) is 4.05. The normalized spacial score (nSPS) is 19.4. The van der Waals surface area contributed by atoms with Crippen molar-refractivity contribution >= 4 is 21.6 Å². The lowest BCUT2D eigenvalue weighted by Gasteiger charge is -2.29. The summed E-state index contributed by atoms with van der Waals surface area (Å²) < 4.78 is 33.2. The summed E-state index contributed by atoms with van der Waals surface area (Å²) in [6.45, 7) is 0.502. The lowest BCUT2D eigenvalue weighted by atomic mass is 10.0. The molecule has 1 saturated heterocycles. The number of hydrogen-bond donors (Lipinski definition) is 0. The van der Waals surface area contributed by atoms with Crippen molar-refractivity contribution in [1.82, 2.24) is 9.29 Å². The highest BCUT2D eigenvalue weighted by Crippen LogP contribution is 2.35. The summed E-state index contributed by atoms with van der Waals surface area (Å²) in [5.74, 6) is 0.758. The van der Waals surface area contributed by atoms with Crippen LogP contribution in [0.3, 0.4) is 0 Å². The second-order valence-corrected chi connectivity index (χ2v) is 8.35. The number of halogens is 1. The summed E-state index contributed by atoms with van der Waals surface area (Å²) in [7, 11) is -2.02. The van der Waals surface area contributed by atoms with E-state index in [-0.39, 0.29) is 16.1 Å². The van der Waals surface area contributed by atoms with Crippen molar-refractivity contribution in [1.29, 1.82) is 0 Å². The molecule has 0 amide bonds. The minimum Gasteiger partial charge on any atom is -0.497 e. The molecule has 3 rings (SSSR count). The first-order chi connectivity index (χ1) is 12.0. The van der Waals surface area contributed by atoms with Crippen molar-refractivity contribution in [2.45, 2.75) is 36.6 Å². The van der Waals surface area contributed by atoms with E-state index in [0.29, 0.717) is 6.54 Å². The number of nitrogens with zero attached hydrogens (tertiary/aromatic N) is 2. The van der Waals surface area contributed by atoms with E-state index >= 15 is 0 Å². The van der Waals surface area contributed by atoms with Crippen LogP contribution in [0.15, 0.2) is 47.5 Å². The van der Waals surface area contributed by atoms with Gasteiger partial charge in [0.25, 0.3) is 0 Å². The van der Waals surface area contributed by atoms with E-state index in [1.54, 1.807) is 11.4 Å². The molecule has 0 spiro atoms. The van der Waals surface area contributed by atoms with Crippen LogP contribution < -0.4 is 4.74 Å². The van der Waals surface area contributed by atoms with Crippen LogP contribution in [0.4, 0.5) is 0 Å². The fourth-order valence-corrected chi connectivity index (χ4v) is 4.92. The molecule has 2 aromatic rings. The highest BCUT2D eigenvalue weighted by atomic mass is 35.5. The maximum Gasteiger partial charge on any atom is 0.245 e. The fraction of sp³-hybridized carbons (Fsp3) is 0.389. The topological polar surface area (TPSA) is 59.5 Å². The van der Waals surface area contributed by atoms with Gasteiger partial charge in [0, 0.05) is 12.7 Å². The third-order valence-electron chi connectivity index (χ3n) is 4.51. The van der Waals surface area contributed by atoms with E-state index in [1.165, 1.54) is 18.3 Å². The standard InChI is InChI=1S/C18H21ClN2O3S/c1-24-15-8-6-14(7-9-15)17-5-3-2-4-12-21(17)25(22,23)16-10-11-18(19)20-13-16/h6-11,13,17H,2-5,12H2,1H3. The van der Waals surface area contributed by atoms with Gasteiger partial charge < -0.3 is 4.74 Å². The second-order valence-electron chi connectivity index (χ2n) is 6.07. The number of pyridine rings is 1. The van der Waals surface area contributed by atoms with E-state index in [2.05, 4.69) is 4.98 Å². The number of sulfonamides is 1. The number of ether oxygens (including phenoxy) is 1. The average Bonchev–Trinajstić information content (AvgIpc) is 2.89. The van der Waals surface area contributed by atoms with Gasteiger partial charge in [-0.05, 0) is 42.7 Å². The zero-order valence-corrected chi connectivity index (χ0v) is 15.6. The fourth-order valence-electron chi connectivity index (χ4n) is 3.18. The zero-order chi connectivity index (χ0) is 17.9. The number of methoxy groups -OCH3 is 1. The van der Waals surface area contributed by atoms with Gasteiger partial charge in [0.05, 0.1) is 13.2 Å². The van der Waals surface area contributed by atoms with Crippen LogP contribution in [-0.2, 0) is 10.0 Å². The molecule has 0 aliphatic carbocycles. The molecule has 1 atom stereocenters. The van der Waals surface area contributed by atoms with E-state index in [0.717, 1.165) is 37.0 Å². The quantitative estimate of drug-likeness (QED) is 0.751. The SMILES string of the molecule is COc1ccc(C2CCCCCN2S(=O)(=O)c2ccc(Cl)nc2)cc1. The molecule has 0 saturated carbocycles. The lowest BCUT2D eigenvalue weighted by Crippen LogP contribution is -2.34. The van der Waals surface area contributed by atoms with Crippen molar-refractivity contribution < 1.29 is 13.2 Å². The second kappa shape index (κ2) is 7.72. The molecule has 7 heteroatoms. The van der Waals surface area contributed by atoms with Crippen molar-refractivity contribution in [3.05, 3.63) is 53.3 Å². The molecule has 0 radical (unpaired) electrons. The van der Waals surface area contributed by atoms with Gasteiger partial charge in [0.15, 0.2) is 0 Å². The molecule has 1 unspecified atom stereocenters. The third-order valence-corrected chi connectivity index (χ3v) is 6.63. The van der Waals surface area contributed by atoms with Crippen LogP contribution in [0.5, 0.6) is 5.75 Å². The van der Waals surface area contributed by atoms with Gasteiger partial charge in [-0.3, -0.25) is 0 Å². The Labute approximate surface area is 153 Å². The molecule has 0 bridgehead atoms. The van der Waals surface area contributed by atoms with E-state index in [4.69, 9.17) is 16.3 Å². The Morgan fingerprint density at radius 1 is 1.12 bits per heavy atom. The van der Waals surface area contributed by atoms with Crippen LogP contribution in [-0.4, -0.2) is 31.4 Å². The summed E-state index contributed by atoms with van der Waals surface area (Å²) >= 11 is 5.80. The van der Waals surface area contributed by atoms with Gasteiger partial charge in [0.2, 0.25) is 10.0 Å². The van der Waals surface area contributed by atoms with Crippen LogP contribution in [0.1, 0.15) is 37.3 Å². The van der Waals surface area contributed by atoms with E-state index < -0.39 is 10.0 Å². The summed E-state index contributed by atoms with van der Waals surface area (Å²) in [5, 5.41) is 0.279. The maximum absolute atomic E-state index is 13.2. The molecule has 1 aliphatic rings. The van der Waals surface area contributed by atoms with Crippen LogP contribution >= 0.6 is 11.6 Å². The summed E-state index contributed by atoms with van der Waals surface area (Å²) in [5.41, 5.74) is 0.980. The molecular weight excluding hydrogens is 360 g/mol. The predicted molar refractivity (Wildman–Crippen MR) is 97.3 cm³/mol. The highest BCUT2D eigenvalue weighted by molar-refractivity contribution is 7.89. The summed E-state index contributed by atoms with van der Waals surface area (Å²) in [4.78, 5) is 4.11. The molecule has 1 aromatic heterocycles. The van der Waals surface area contributed by atoms with Crippen molar-refractivity contribution in [2.75, 3.05) is 13.7 Å². The summed E-state index contributed by atoms with van der Waals surface area (Å²) in [6.07, 6.45) is 5.01. The Hall–Kier alpha value is -1.63. The molecule has 1 fully saturated rings. The highest BCUT2D eigenvalue weighted by Gasteiger charge is 2.33. The molecule has 5 nitrogen and oxygen atoms in total. The van der Waals surface area contributed by atoms with Crippen molar-refractivity contribution in [3.63, 3.8) is 0 Å². The lowest BCUT2D eigenvalue weighted by molar-refractivity contribution is 0.328. The van der Waals surface area contributed by atoms with Crippen molar-refractivity contribution in [3.8, 4) is 5.75 Å². The van der Waals surface area contributed by atoms with Gasteiger partial charge in [-0.2, -0.15) is 4.31 Å². The van der Waals surface area contributed by atoms with Gasteiger partial charge in [-0.25, -0.2) is 13.4 Å².